The SMILES string of the molecule is CCOc1cc(C(F)(F)F)ccc1C1(C(=O)N2CCN(C(=O)c3c(C)noc3C)CC2)NC(c2ccc(Cl)cc2)C(c2ccc(Cl)cc2)N1. The molecule has 2 atom stereocenters. The number of benzene rings is 3. The zero-order chi connectivity index (χ0) is 35.1. The normalized spacial score (nSPS) is 21.2. The van der Waals surface area contributed by atoms with Gasteiger partial charge in [0.2, 0.25) is 0 Å². The van der Waals surface area contributed by atoms with Crippen LogP contribution in [0.15, 0.2) is 71.3 Å². The van der Waals surface area contributed by atoms with E-state index in [1.54, 1.807) is 54.8 Å². The summed E-state index contributed by atoms with van der Waals surface area (Å²) in [5, 5.41) is 11.9. The predicted octanol–water partition coefficient (Wildman–Crippen LogP) is 6.83. The molecule has 0 bridgehead atoms. The minimum Gasteiger partial charge on any atom is -0.493 e. The zero-order valence-electron chi connectivity index (χ0n) is 26.9. The zero-order valence-corrected chi connectivity index (χ0v) is 28.4. The first-order chi connectivity index (χ1) is 23.3. The van der Waals surface area contributed by atoms with Crippen LogP contribution in [0.2, 0.25) is 10.0 Å². The number of aromatic nitrogens is 1. The molecule has 0 saturated carbocycles. The largest absolute Gasteiger partial charge is 0.493 e. The lowest BCUT2D eigenvalue weighted by Crippen LogP contribution is -2.62. The Labute approximate surface area is 291 Å². The maximum absolute atomic E-state index is 15.0. The molecule has 2 saturated heterocycles. The van der Waals surface area contributed by atoms with E-state index in [4.69, 9.17) is 32.5 Å². The molecule has 2 aliphatic rings. The number of carbonyl (C=O) groups is 2. The Morgan fingerprint density at radius 3 is 1.90 bits per heavy atom. The summed E-state index contributed by atoms with van der Waals surface area (Å²) in [5.41, 5.74) is -0.0358. The molecular formula is C35H34Cl2F3N5O4. The summed E-state index contributed by atoms with van der Waals surface area (Å²) in [7, 11) is 0. The van der Waals surface area contributed by atoms with E-state index in [1.807, 2.05) is 24.3 Å². The number of nitrogens with one attached hydrogen (secondary N) is 2. The van der Waals surface area contributed by atoms with E-state index in [-0.39, 0.29) is 50.0 Å². The molecule has 14 heteroatoms. The number of nitrogens with zero attached hydrogens (tertiary/aromatic N) is 3. The van der Waals surface area contributed by atoms with Gasteiger partial charge in [-0.2, -0.15) is 13.2 Å². The second kappa shape index (κ2) is 13.7. The number of hydrogen-bond donors (Lipinski definition) is 2. The molecule has 1 aromatic heterocycles. The minimum absolute atomic E-state index is 0.0578. The van der Waals surface area contributed by atoms with E-state index in [0.717, 1.165) is 23.3 Å². The molecule has 2 amide bonds. The number of carbonyl (C=O) groups excluding carboxylic acids is 2. The van der Waals surface area contributed by atoms with E-state index in [2.05, 4.69) is 15.8 Å². The van der Waals surface area contributed by atoms with Crippen LogP contribution in [0.25, 0.3) is 0 Å². The highest BCUT2D eigenvalue weighted by molar-refractivity contribution is 6.30. The standard InChI is InChI=1S/C35H34Cl2F3N5O4/c1-4-48-28-19-24(35(38,39)40)9-14-27(28)34(33(47)45-17-15-44(16-18-45)32(46)29-20(2)43-49-21(29)3)41-30(22-5-10-25(36)11-6-22)31(42-34)23-7-12-26(37)13-8-23/h5-14,19,30-31,41-42H,4,15-18H2,1-3H3. The fourth-order valence-electron chi connectivity index (χ4n) is 6.54. The first-order valence-electron chi connectivity index (χ1n) is 15.7. The number of alkyl halides is 3. The van der Waals surface area contributed by atoms with Gasteiger partial charge in [-0.1, -0.05) is 58.7 Å². The van der Waals surface area contributed by atoms with E-state index in [1.165, 1.54) is 6.07 Å². The summed E-state index contributed by atoms with van der Waals surface area (Å²) in [6.45, 7) is 5.86. The van der Waals surface area contributed by atoms with E-state index in [0.29, 0.717) is 27.1 Å². The van der Waals surface area contributed by atoms with Crippen molar-refractivity contribution < 1.29 is 32.0 Å². The van der Waals surface area contributed by atoms with Crippen LogP contribution in [0.1, 0.15) is 63.1 Å². The quantitative estimate of drug-likeness (QED) is 0.217. The van der Waals surface area contributed by atoms with E-state index >= 15 is 0 Å². The monoisotopic (exact) mass is 715 g/mol. The Kier molecular flexibility index (Phi) is 9.69. The lowest BCUT2D eigenvalue weighted by atomic mass is 9.94. The number of hydrogen-bond acceptors (Lipinski definition) is 7. The van der Waals surface area contributed by atoms with Gasteiger partial charge in [-0.05, 0) is 68.3 Å². The molecule has 9 nitrogen and oxygen atoms in total. The Morgan fingerprint density at radius 1 is 0.898 bits per heavy atom. The van der Waals surface area contributed by atoms with Gasteiger partial charge in [0.1, 0.15) is 17.1 Å². The fraction of sp³-hybridized carbons (Fsp3) is 0.343. The second-order valence-electron chi connectivity index (χ2n) is 12.0. The van der Waals surface area contributed by atoms with Crippen LogP contribution in [-0.4, -0.2) is 59.6 Å². The van der Waals surface area contributed by atoms with Gasteiger partial charge in [0.05, 0.1) is 29.9 Å². The molecule has 4 aromatic rings. The van der Waals surface area contributed by atoms with Crippen LogP contribution in [0.3, 0.4) is 0 Å². The highest BCUT2D eigenvalue weighted by Crippen LogP contribution is 2.46. The van der Waals surface area contributed by atoms with Gasteiger partial charge in [0.15, 0.2) is 5.66 Å². The van der Waals surface area contributed by atoms with Gasteiger partial charge in [-0.25, -0.2) is 0 Å². The molecule has 3 heterocycles. The Hall–Kier alpha value is -4.10. The van der Waals surface area contributed by atoms with E-state index < -0.39 is 35.4 Å². The van der Waals surface area contributed by atoms with Crippen molar-refractivity contribution in [2.24, 2.45) is 0 Å². The van der Waals surface area contributed by atoms with Gasteiger partial charge in [0.25, 0.3) is 11.8 Å². The Balaban J connectivity index is 1.43. The Bertz CT molecular complexity index is 1770. The number of amides is 2. The van der Waals surface area contributed by atoms with E-state index in [9.17, 15) is 22.8 Å². The average Bonchev–Trinajstić information content (AvgIpc) is 3.65. The summed E-state index contributed by atoms with van der Waals surface area (Å²) >= 11 is 12.5. The fourth-order valence-corrected chi connectivity index (χ4v) is 6.79. The topological polar surface area (TPSA) is 99.9 Å². The van der Waals surface area contributed by atoms with Crippen molar-refractivity contribution >= 4 is 35.0 Å². The van der Waals surface area contributed by atoms with Gasteiger partial charge in [0, 0.05) is 41.8 Å². The molecule has 258 valence electrons. The summed E-state index contributed by atoms with van der Waals surface area (Å²) in [5.74, 6) is -0.369. The maximum Gasteiger partial charge on any atom is 0.416 e. The molecular weight excluding hydrogens is 682 g/mol. The smallest absolute Gasteiger partial charge is 0.416 e. The lowest BCUT2D eigenvalue weighted by molar-refractivity contribution is -0.141. The molecule has 2 fully saturated rings. The van der Waals surface area contributed by atoms with Crippen molar-refractivity contribution in [2.75, 3.05) is 32.8 Å². The highest BCUT2D eigenvalue weighted by Gasteiger charge is 2.55. The van der Waals surface area contributed by atoms with Crippen LogP contribution in [0.5, 0.6) is 5.75 Å². The third-order valence-electron chi connectivity index (χ3n) is 8.97. The number of ether oxygens (including phenoxy) is 1. The van der Waals surface area contributed by atoms with Crippen molar-refractivity contribution in [3.05, 3.63) is 116 Å². The third-order valence-corrected chi connectivity index (χ3v) is 9.47. The molecule has 0 spiro atoms. The summed E-state index contributed by atoms with van der Waals surface area (Å²) < 4.78 is 52.8. The first kappa shape index (κ1) is 34.8. The minimum atomic E-state index is -4.64. The Morgan fingerprint density at radius 2 is 1.43 bits per heavy atom. The molecule has 2 N–H and O–H groups in total. The van der Waals surface area contributed by atoms with Crippen molar-refractivity contribution in [3.63, 3.8) is 0 Å². The van der Waals surface area contributed by atoms with Crippen molar-refractivity contribution in [3.8, 4) is 5.75 Å². The lowest BCUT2D eigenvalue weighted by Gasteiger charge is -2.40. The van der Waals surface area contributed by atoms with Gasteiger partial charge in [-0.3, -0.25) is 20.2 Å². The molecule has 2 unspecified atom stereocenters. The summed E-state index contributed by atoms with van der Waals surface area (Å²) in [4.78, 5) is 31.6. The molecule has 49 heavy (non-hydrogen) atoms. The average molecular weight is 717 g/mol. The molecule has 6 rings (SSSR count). The van der Waals surface area contributed by atoms with Gasteiger partial charge >= 0.3 is 6.18 Å². The number of rotatable bonds is 7. The predicted molar refractivity (Wildman–Crippen MR) is 177 cm³/mol. The second-order valence-corrected chi connectivity index (χ2v) is 12.9. The number of aryl methyl sites for hydroxylation is 2. The highest BCUT2D eigenvalue weighted by atomic mass is 35.5. The summed E-state index contributed by atoms with van der Waals surface area (Å²) in [6, 6.07) is 16.3. The van der Waals surface area contributed by atoms with Crippen LogP contribution in [0.4, 0.5) is 13.2 Å². The van der Waals surface area contributed by atoms with Crippen molar-refractivity contribution in [1.29, 1.82) is 0 Å². The molecule has 3 aromatic carbocycles. The first-order valence-corrected chi connectivity index (χ1v) is 16.5. The van der Waals surface area contributed by atoms with Crippen LogP contribution < -0.4 is 15.4 Å². The van der Waals surface area contributed by atoms with Crippen LogP contribution >= 0.6 is 23.2 Å². The number of piperazine rings is 1. The third kappa shape index (κ3) is 6.74. The van der Waals surface area contributed by atoms with Crippen molar-refractivity contribution in [1.82, 2.24) is 25.6 Å². The van der Waals surface area contributed by atoms with Gasteiger partial charge < -0.3 is 19.1 Å². The van der Waals surface area contributed by atoms with Crippen LogP contribution in [-0.2, 0) is 16.6 Å². The summed E-state index contributed by atoms with van der Waals surface area (Å²) in [6.07, 6.45) is -4.64. The molecule has 0 radical (unpaired) electrons. The van der Waals surface area contributed by atoms with Gasteiger partial charge in [-0.15, -0.1) is 0 Å². The van der Waals surface area contributed by atoms with Crippen LogP contribution in [0, 0.1) is 13.8 Å². The van der Waals surface area contributed by atoms with Crippen molar-refractivity contribution in [2.45, 2.75) is 44.7 Å². The molecule has 2 aliphatic heterocycles. The number of halogens is 5. The maximum atomic E-state index is 15.0. The molecule has 0 aliphatic carbocycles.